The van der Waals surface area contributed by atoms with Crippen LogP contribution in [0.2, 0.25) is 0 Å². The Labute approximate surface area is 390 Å². The number of nitrogens with zero attached hydrogens (tertiary/aromatic N) is 6. The lowest BCUT2D eigenvalue weighted by atomic mass is 10.0. The predicted octanol–water partition coefficient (Wildman–Crippen LogP) is 15.6. The second-order valence-electron chi connectivity index (χ2n) is 17.4. The van der Waals surface area contributed by atoms with Gasteiger partial charge in [-0.25, -0.2) is 19.9 Å². The number of rotatable bonds is 6. The molecule has 0 spiro atoms. The molecule has 0 aliphatic heterocycles. The summed E-state index contributed by atoms with van der Waals surface area (Å²) in [6.07, 6.45) is 0. The van der Waals surface area contributed by atoms with E-state index in [0.717, 1.165) is 88.9 Å². The van der Waals surface area contributed by atoms with E-state index < -0.39 is 0 Å². The van der Waals surface area contributed by atoms with Gasteiger partial charge in [0.05, 0.1) is 44.5 Å². The van der Waals surface area contributed by atoms with Crippen molar-refractivity contribution in [2.45, 2.75) is 0 Å². The monoisotopic (exact) mass is 866 g/mol. The first-order chi connectivity index (χ1) is 33.7. The van der Waals surface area contributed by atoms with E-state index in [1.165, 1.54) is 32.3 Å². The van der Waals surface area contributed by atoms with Gasteiger partial charge in [0.25, 0.3) is 0 Å². The first-order valence-corrected chi connectivity index (χ1v) is 23.0. The molecule has 0 saturated heterocycles. The van der Waals surface area contributed by atoms with Crippen LogP contribution in [0.15, 0.2) is 231 Å². The van der Waals surface area contributed by atoms with Gasteiger partial charge in [-0.3, -0.25) is 0 Å². The highest BCUT2D eigenvalue weighted by Crippen LogP contribution is 2.43. The Morgan fingerprint density at radius 2 is 0.765 bits per heavy atom. The van der Waals surface area contributed by atoms with Crippen LogP contribution in [-0.4, -0.2) is 29.1 Å². The van der Waals surface area contributed by atoms with Crippen LogP contribution in [0.3, 0.4) is 0 Å². The van der Waals surface area contributed by atoms with Crippen LogP contribution in [0.4, 0.5) is 0 Å². The topological polar surface area (TPSA) is 61.4 Å². The molecule has 0 amide bonds. The van der Waals surface area contributed by atoms with Crippen LogP contribution >= 0.6 is 0 Å². The van der Waals surface area contributed by atoms with E-state index in [0.29, 0.717) is 11.6 Å². The molecule has 0 radical (unpaired) electrons. The molecular weight excluding hydrogens is 829 g/mol. The Hall–Kier alpha value is -9.26. The summed E-state index contributed by atoms with van der Waals surface area (Å²) in [6.45, 7) is 0. The largest absolute Gasteiger partial charge is 0.309 e. The number of aromatic nitrogens is 6. The molecule has 0 unspecified atom stereocenters. The molecule has 0 bridgehead atoms. The van der Waals surface area contributed by atoms with Crippen LogP contribution in [0.5, 0.6) is 0 Å². The fourth-order valence-corrected chi connectivity index (χ4v) is 10.4. The molecule has 316 valence electrons. The molecule has 14 aromatic rings. The Morgan fingerprint density at radius 1 is 0.265 bits per heavy atom. The lowest BCUT2D eigenvalue weighted by Gasteiger charge is -2.13. The second kappa shape index (κ2) is 15.2. The average Bonchev–Trinajstić information content (AvgIpc) is 3.93. The van der Waals surface area contributed by atoms with Gasteiger partial charge in [-0.1, -0.05) is 152 Å². The molecule has 0 aliphatic carbocycles. The summed E-state index contributed by atoms with van der Waals surface area (Å²) in [5.41, 5.74) is 14.4. The smallest absolute Gasteiger partial charge is 0.160 e. The van der Waals surface area contributed by atoms with E-state index in [9.17, 15) is 0 Å². The van der Waals surface area contributed by atoms with Crippen molar-refractivity contribution in [1.82, 2.24) is 29.1 Å². The van der Waals surface area contributed by atoms with E-state index in [4.69, 9.17) is 19.9 Å². The van der Waals surface area contributed by atoms with E-state index in [2.05, 4.69) is 215 Å². The van der Waals surface area contributed by atoms with Crippen molar-refractivity contribution in [3.05, 3.63) is 231 Å². The molecule has 0 aliphatic rings. The molecule has 6 nitrogen and oxygen atoms in total. The number of benzene rings is 10. The minimum atomic E-state index is 0.690. The number of hydrogen-bond acceptors (Lipinski definition) is 4. The van der Waals surface area contributed by atoms with Crippen molar-refractivity contribution in [2.75, 3.05) is 0 Å². The summed E-state index contributed by atoms with van der Waals surface area (Å²) in [4.78, 5) is 20.7. The van der Waals surface area contributed by atoms with Crippen molar-refractivity contribution in [3.63, 3.8) is 0 Å². The minimum Gasteiger partial charge on any atom is -0.309 e. The molecule has 14 rings (SSSR count). The molecular formula is C62H38N6. The number of para-hydroxylation sites is 4. The predicted molar refractivity (Wildman–Crippen MR) is 281 cm³/mol. The number of fused-ring (bicyclic) bond motifs is 10. The zero-order valence-corrected chi connectivity index (χ0v) is 36.6. The van der Waals surface area contributed by atoms with Gasteiger partial charge >= 0.3 is 0 Å². The van der Waals surface area contributed by atoms with Gasteiger partial charge < -0.3 is 9.13 Å². The SMILES string of the molecule is c1ccc(-c2nc(-c3ccc(-n4c5ccccc5c5c6c7ccccc7n(-c7cccc(-c8nc(-c9ccc%10ccccc%10c9)c9ccccc9n8)c7)c6ccc54)cc3)nc3ccccc23)cc1. The first kappa shape index (κ1) is 38.1. The summed E-state index contributed by atoms with van der Waals surface area (Å²) in [5, 5.41) is 9.28. The maximum atomic E-state index is 5.32. The highest BCUT2D eigenvalue weighted by atomic mass is 15.0. The van der Waals surface area contributed by atoms with E-state index >= 15 is 0 Å². The van der Waals surface area contributed by atoms with Crippen LogP contribution < -0.4 is 0 Å². The first-order valence-electron chi connectivity index (χ1n) is 23.0. The van der Waals surface area contributed by atoms with Crippen molar-refractivity contribution in [2.24, 2.45) is 0 Å². The number of hydrogen-bond donors (Lipinski definition) is 0. The van der Waals surface area contributed by atoms with Crippen molar-refractivity contribution in [3.8, 4) is 56.7 Å². The van der Waals surface area contributed by atoms with Crippen molar-refractivity contribution < 1.29 is 0 Å². The lowest BCUT2D eigenvalue weighted by Crippen LogP contribution is -1.98. The zero-order chi connectivity index (χ0) is 44.7. The Morgan fingerprint density at radius 3 is 1.43 bits per heavy atom. The van der Waals surface area contributed by atoms with Gasteiger partial charge in [-0.05, 0) is 89.6 Å². The van der Waals surface area contributed by atoms with Crippen LogP contribution in [-0.2, 0) is 0 Å². The van der Waals surface area contributed by atoms with Crippen LogP contribution in [0.1, 0.15) is 0 Å². The summed E-state index contributed by atoms with van der Waals surface area (Å²) in [7, 11) is 0. The molecule has 4 heterocycles. The standard InChI is InChI=1S/C62H38N6/c1-2-16-40(17-3-1)59-47-21-6-10-25-51(47)63-61(65-59)41-31-33-45(34-32-41)67-53-27-12-8-23-49(53)57-55(67)35-36-56-58(57)50-24-9-13-28-54(50)68(56)46-20-14-19-44(38-46)62-64-52-26-11-7-22-48(52)60(66-62)43-30-29-39-15-4-5-18-42(39)37-43/h1-38H. The van der Waals surface area contributed by atoms with Gasteiger partial charge in [0.15, 0.2) is 11.6 Å². The normalized spacial score (nSPS) is 11.8. The maximum absolute atomic E-state index is 5.32. The quantitative estimate of drug-likeness (QED) is 0.167. The van der Waals surface area contributed by atoms with Crippen molar-refractivity contribution in [1.29, 1.82) is 0 Å². The van der Waals surface area contributed by atoms with E-state index in [1.54, 1.807) is 0 Å². The fraction of sp³-hybridized carbons (Fsp3) is 0. The Kier molecular flexibility index (Phi) is 8.48. The highest BCUT2D eigenvalue weighted by molar-refractivity contribution is 6.29. The molecule has 0 N–H and O–H groups in total. The van der Waals surface area contributed by atoms with Gasteiger partial charge in [0.2, 0.25) is 0 Å². The van der Waals surface area contributed by atoms with E-state index in [-0.39, 0.29) is 0 Å². The minimum absolute atomic E-state index is 0.690. The summed E-state index contributed by atoms with van der Waals surface area (Å²) < 4.78 is 4.79. The molecule has 0 saturated carbocycles. The molecule has 68 heavy (non-hydrogen) atoms. The average molecular weight is 867 g/mol. The second-order valence-corrected chi connectivity index (χ2v) is 17.4. The molecule has 0 fully saturated rings. The van der Waals surface area contributed by atoms with Gasteiger partial charge in [-0.15, -0.1) is 0 Å². The van der Waals surface area contributed by atoms with E-state index in [1.807, 2.05) is 24.3 Å². The van der Waals surface area contributed by atoms with Crippen molar-refractivity contribution >= 4 is 76.2 Å². The van der Waals surface area contributed by atoms with Gasteiger partial charge in [0.1, 0.15) is 0 Å². The van der Waals surface area contributed by atoms with Crippen LogP contribution in [0.25, 0.3) is 133 Å². The Balaban J connectivity index is 0.913. The molecule has 4 aromatic heterocycles. The summed E-state index contributed by atoms with van der Waals surface area (Å²) in [6, 6.07) is 81.4. The van der Waals surface area contributed by atoms with Gasteiger partial charge in [-0.2, -0.15) is 0 Å². The maximum Gasteiger partial charge on any atom is 0.160 e. The third kappa shape index (κ3) is 5.98. The zero-order valence-electron chi connectivity index (χ0n) is 36.6. The fourth-order valence-electron chi connectivity index (χ4n) is 10.4. The third-order valence-corrected chi connectivity index (χ3v) is 13.5. The highest BCUT2D eigenvalue weighted by Gasteiger charge is 2.22. The Bertz CT molecular complexity index is 4320. The molecule has 6 heteroatoms. The van der Waals surface area contributed by atoms with Crippen LogP contribution in [0, 0.1) is 0 Å². The third-order valence-electron chi connectivity index (χ3n) is 13.5. The summed E-state index contributed by atoms with van der Waals surface area (Å²) in [5.74, 6) is 1.39. The molecule has 10 aromatic carbocycles. The summed E-state index contributed by atoms with van der Waals surface area (Å²) >= 11 is 0. The molecule has 0 atom stereocenters. The lowest BCUT2D eigenvalue weighted by molar-refractivity contribution is 1.16. The van der Waals surface area contributed by atoms with Gasteiger partial charge in [0, 0.05) is 65.9 Å².